The van der Waals surface area contributed by atoms with Gasteiger partial charge in [-0.15, -0.1) is 0 Å². The number of carbonyl (C=O) groups is 1. The molecule has 0 saturated heterocycles. The van der Waals surface area contributed by atoms with Crippen molar-refractivity contribution in [1.29, 1.82) is 0 Å². The van der Waals surface area contributed by atoms with Crippen molar-refractivity contribution in [3.8, 4) is 5.75 Å². The highest BCUT2D eigenvalue weighted by Crippen LogP contribution is 2.28. The van der Waals surface area contributed by atoms with E-state index in [1.165, 1.54) is 17.3 Å². The minimum Gasteiger partial charge on any atom is -0.494 e. The summed E-state index contributed by atoms with van der Waals surface area (Å²) < 4.78 is 5.57. The van der Waals surface area contributed by atoms with Gasteiger partial charge in [0.05, 0.1) is 17.9 Å². The Labute approximate surface area is 129 Å². The van der Waals surface area contributed by atoms with E-state index in [0.717, 1.165) is 30.9 Å². The highest BCUT2D eigenvalue weighted by Gasteiger charge is 2.20. The zero-order chi connectivity index (χ0) is 15.5. The molecule has 1 amide bonds. The van der Waals surface area contributed by atoms with Crippen LogP contribution in [0.15, 0.2) is 36.7 Å². The van der Waals surface area contributed by atoms with Crippen LogP contribution in [0.4, 0.5) is 5.69 Å². The molecule has 0 bridgehead atoms. The van der Waals surface area contributed by atoms with Crippen LogP contribution in [0, 0.1) is 0 Å². The predicted octanol–water partition coefficient (Wildman–Crippen LogP) is 2.14. The second-order valence-electron chi connectivity index (χ2n) is 5.29. The molecule has 3 rings (SSSR count). The highest BCUT2D eigenvalue weighted by molar-refractivity contribution is 5.98. The summed E-state index contributed by atoms with van der Waals surface area (Å²) in [4.78, 5) is 17.7. The van der Waals surface area contributed by atoms with Crippen molar-refractivity contribution in [3.63, 3.8) is 0 Å². The molecule has 1 aliphatic rings. The molecule has 1 aromatic heterocycles. The molecule has 0 fully saturated rings. The number of benzene rings is 1. The third-order valence-electron chi connectivity index (χ3n) is 3.91. The maximum Gasteiger partial charge on any atom is 0.252 e. The summed E-state index contributed by atoms with van der Waals surface area (Å²) in [6, 6.07) is 8.06. The summed E-state index contributed by atoms with van der Waals surface area (Å²) in [7, 11) is 0. The molecule has 2 aromatic rings. The van der Waals surface area contributed by atoms with Gasteiger partial charge < -0.3 is 15.4 Å². The molecule has 1 aromatic carbocycles. The van der Waals surface area contributed by atoms with E-state index in [0.29, 0.717) is 12.2 Å². The van der Waals surface area contributed by atoms with Gasteiger partial charge in [0, 0.05) is 25.5 Å². The second kappa shape index (κ2) is 6.05. The molecule has 0 atom stereocenters. The van der Waals surface area contributed by atoms with E-state index in [1.54, 1.807) is 6.20 Å². The Balaban J connectivity index is 1.91. The first kappa shape index (κ1) is 14.4. The zero-order valence-electron chi connectivity index (χ0n) is 12.6. The average Bonchev–Trinajstić information content (AvgIpc) is 2.54. The smallest absolute Gasteiger partial charge is 0.252 e. The van der Waals surface area contributed by atoms with Gasteiger partial charge in [-0.2, -0.15) is 0 Å². The Morgan fingerprint density at radius 3 is 3.00 bits per heavy atom. The lowest BCUT2D eigenvalue weighted by Gasteiger charge is -2.31. The van der Waals surface area contributed by atoms with Gasteiger partial charge in [-0.05, 0) is 42.7 Å². The maximum absolute atomic E-state index is 11.6. The number of nitrogens with zero attached hydrogens (tertiary/aromatic N) is 2. The van der Waals surface area contributed by atoms with E-state index in [9.17, 15) is 4.79 Å². The molecule has 5 heteroatoms. The molecule has 0 saturated carbocycles. The van der Waals surface area contributed by atoms with E-state index < -0.39 is 5.91 Å². The Kier molecular flexibility index (Phi) is 3.96. The topological polar surface area (TPSA) is 68.4 Å². The predicted molar refractivity (Wildman–Crippen MR) is 85.1 cm³/mol. The molecule has 0 spiro atoms. The number of fused-ring (bicyclic) bond motifs is 1. The lowest BCUT2D eigenvalue weighted by molar-refractivity contribution is 0.100. The first-order valence-corrected chi connectivity index (χ1v) is 7.42. The zero-order valence-corrected chi connectivity index (χ0v) is 12.6. The van der Waals surface area contributed by atoms with Crippen molar-refractivity contribution < 1.29 is 9.53 Å². The van der Waals surface area contributed by atoms with E-state index in [-0.39, 0.29) is 0 Å². The number of amides is 1. The quantitative estimate of drug-likeness (QED) is 0.939. The number of primary amides is 1. The molecular formula is C17H19N3O2. The van der Waals surface area contributed by atoms with Crippen LogP contribution in [0.25, 0.3) is 0 Å². The van der Waals surface area contributed by atoms with Crippen molar-refractivity contribution in [1.82, 2.24) is 4.98 Å². The number of anilines is 1. The largest absolute Gasteiger partial charge is 0.494 e. The molecule has 0 unspecified atom stereocenters. The lowest BCUT2D eigenvalue weighted by Crippen LogP contribution is -2.32. The normalized spacial score (nSPS) is 13.6. The number of ether oxygens (including phenoxy) is 1. The van der Waals surface area contributed by atoms with Gasteiger partial charge in [-0.3, -0.25) is 9.78 Å². The van der Waals surface area contributed by atoms with Crippen molar-refractivity contribution in [2.45, 2.75) is 19.9 Å². The van der Waals surface area contributed by atoms with Gasteiger partial charge in [0.25, 0.3) is 5.91 Å². The van der Waals surface area contributed by atoms with Crippen molar-refractivity contribution in [2.24, 2.45) is 5.73 Å². The number of aromatic nitrogens is 1. The summed E-state index contributed by atoms with van der Waals surface area (Å²) in [5.74, 6) is 0.435. The van der Waals surface area contributed by atoms with Gasteiger partial charge in [0.2, 0.25) is 0 Å². The van der Waals surface area contributed by atoms with Crippen molar-refractivity contribution >= 4 is 11.6 Å². The fourth-order valence-electron chi connectivity index (χ4n) is 2.85. The first-order chi connectivity index (χ1) is 10.7. The summed E-state index contributed by atoms with van der Waals surface area (Å²) >= 11 is 0. The fraction of sp³-hybridized carbons (Fsp3) is 0.294. The third kappa shape index (κ3) is 2.74. The van der Waals surface area contributed by atoms with Crippen LogP contribution in [0.5, 0.6) is 5.75 Å². The van der Waals surface area contributed by atoms with Crippen molar-refractivity contribution in [2.75, 3.05) is 18.1 Å². The minimum absolute atomic E-state index is 0.447. The number of hydrogen-bond acceptors (Lipinski definition) is 4. The minimum atomic E-state index is -0.447. The molecule has 1 aliphatic heterocycles. The molecule has 0 radical (unpaired) electrons. The van der Waals surface area contributed by atoms with Crippen molar-refractivity contribution in [3.05, 3.63) is 53.3 Å². The Morgan fingerprint density at radius 1 is 1.36 bits per heavy atom. The molecule has 2 N–H and O–H groups in total. The molecule has 0 aliphatic carbocycles. The van der Waals surface area contributed by atoms with E-state index >= 15 is 0 Å². The SMILES string of the molecule is CCOc1ccc2c(c1)CN(c1ccncc1C(N)=O)CC2. The Hall–Kier alpha value is -2.56. The molecule has 22 heavy (non-hydrogen) atoms. The summed E-state index contributed by atoms with van der Waals surface area (Å²) in [5, 5.41) is 0. The third-order valence-corrected chi connectivity index (χ3v) is 3.91. The van der Waals surface area contributed by atoms with Crippen LogP contribution in [0.2, 0.25) is 0 Å². The summed E-state index contributed by atoms with van der Waals surface area (Å²) in [6.45, 7) is 4.21. The summed E-state index contributed by atoms with van der Waals surface area (Å²) in [5.41, 5.74) is 9.32. The molecule has 2 heterocycles. The number of rotatable bonds is 4. The maximum atomic E-state index is 11.6. The first-order valence-electron chi connectivity index (χ1n) is 7.42. The van der Waals surface area contributed by atoms with Gasteiger partial charge >= 0.3 is 0 Å². The highest BCUT2D eigenvalue weighted by atomic mass is 16.5. The van der Waals surface area contributed by atoms with Gasteiger partial charge in [0.1, 0.15) is 5.75 Å². The van der Waals surface area contributed by atoms with Crippen LogP contribution >= 0.6 is 0 Å². The molecular weight excluding hydrogens is 278 g/mol. The van der Waals surface area contributed by atoms with E-state index in [1.807, 2.05) is 19.1 Å². The number of pyridine rings is 1. The Bertz CT molecular complexity index is 700. The van der Waals surface area contributed by atoms with E-state index in [4.69, 9.17) is 10.5 Å². The van der Waals surface area contributed by atoms with E-state index in [2.05, 4.69) is 22.0 Å². The number of carbonyl (C=O) groups excluding carboxylic acids is 1. The van der Waals surface area contributed by atoms with Crippen LogP contribution < -0.4 is 15.4 Å². The number of hydrogen-bond donors (Lipinski definition) is 1. The monoisotopic (exact) mass is 297 g/mol. The van der Waals surface area contributed by atoms with Gasteiger partial charge in [-0.1, -0.05) is 6.07 Å². The van der Waals surface area contributed by atoms with Crippen LogP contribution in [-0.2, 0) is 13.0 Å². The average molecular weight is 297 g/mol. The second-order valence-corrected chi connectivity index (χ2v) is 5.29. The van der Waals surface area contributed by atoms with Crippen LogP contribution in [0.3, 0.4) is 0 Å². The fourth-order valence-corrected chi connectivity index (χ4v) is 2.85. The molecule has 5 nitrogen and oxygen atoms in total. The molecule has 114 valence electrons. The van der Waals surface area contributed by atoms with Crippen LogP contribution in [-0.4, -0.2) is 24.0 Å². The lowest BCUT2D eigenvalue weighted by atomic mass is 9.98. The van der Waals surface area contributed by atoms with Gasteiger partial charge in [-0.25, -0.2) is 0 Å². The Morgan fingerprint density at radius 2 is 2.23 bits per heavy atom. The summed E-state index contributed by atoms with van der Waals surface area (Å²) in [6.07, 6.45) is 4.15. The van der Waals surface area contributed by atoms with Crippen LogP contribution in [0.1, 0.15) is 28.4 Å². The number of nitrogens with two attached hydrogens (primary N) is 1. The standard InChI is InChI=1S/C17H19N3O2/c1-2-22-14-4-3-12-6-8-20(11-13(12)9-14)16-5-7-19-10-15(16)17(18)21/h3-5,7,9-10H,2,6,8,11H2,1H3,(H2,18,21). The van der Waals surface area contributed by atoms with Gasteiger partial charge in [0.15, 0.2) is 0 Å².